The molecule has 3 rings (SSSR count). The number of para-hydroxylation sites is 2. The minimum atomic E-state index is -6.00. The number of halogens is 4. The predicted molar refractivity (Wildman–Crippen MR) is 126 cm³/mol. The van der Waals surface area contributed by atoms with E-state index in [1.807, 2.05) is 30.3 Å². The fourth-order valence-electron chi connectivity index (χ4n) is 2.87. The first-order valence-electron chi connectivity index (χ1n) is 10.4. The van der Waals surface area contributed by atoms with Gasteiger partial charge in [-0.05, 0) is 36.4 Å². The number of benzene rings is 3. The number of hydrogen-bond donors (Lipinski definition) is 0. The van der Waals surface area contributed by atoms with Crippen molar-refractivity contribution >= 4 is 18.1 Å². The Hall–Kier alpha value is -2.69. The lowest BCUT2D eigenvalue weighted by Crippen LogP contribution is -2.12. The van der Waals surface area contributed by atoms with Gasteiger partial charge < -0.3 is 36.2 Å². The molecule has 3 aromatic rings. The summed E-state index contributed by atoms with van der Waals surface area (Å²) in [6, 6.07) is 26.9. The Labute approximate surface area is 200 Å². The van der Waals surface area contributed by atoms with Crippen molar-refractivity contribution in [3.8, 4) is 11.5 Å². The number of ether oxygens (including phenoxy) is 4. The molecule has 3 aromatic carbocycles. The van der Waals surface area contributed by atoms with Crippen LogP contribution in [0.5, 0.6) is 11.5 Å². The van der Waals surface area contributed by atoms with Gasteiger partial charge in [-0.25, -0.2) is 0 Å². The summed E-state index contributed by atoms with van der Waals surface area (Å²) in [4.78, 5) is 3.45. The lowest BCUT2D eigenvalue weighted by atomic mass is 10.3. The monoisotopic (exact) mass is 498 g/mol. The highest BCUT2D eigenvalue weighted by Crippen LogP contribution is 2.40. The van der Waals surface area contributed by atoms with Crippen molar-refractivity contribution < 1.29 is 36.2 Å². The van der Waals surface area contributed by atoms with Crippen molar-refractivity contribution in [2.75, 3.05) is 40.6 Å². The van der Waals surface area contributed by atoms with E-state index in [4.69, 9.17) is 18.9 Å². The molecule has 4 nitrogen and oxygen atoms in total. The van der Waals surface area contributed by atoms with E-state index in [2.05, 4.69) is 48.5 Å². The van der Waals surface area contributed by atoms with Gasteiger partial charge in [-0.3, -0.25) is 0 Å². The van der Waals surface area contributed by atoms with E-state index in [9.17, 15) is 17.3 Å². The number of methoxy groups -OCH3 is 2. The average Bonchev–Trinajstić information content (AvgIpc) is 2.81. The molecular weight excluding hydrogens is 471 g/mol. The molecule has 0 unspecified atom stereocenters. The summed E-state index contributed by atoms with van der Waals surface area (Å²) in [6.45, 7) is 2.10. The van der Waals surface area contributed by atoms with Gasteiger partial charge in [0, 0.05) is 14.2 Å². The lowest BCUT2D eigenvalue weighted by molar-refractivity contribution is 0.144. The van der Waals surface area contributed by atoms with Crippen LogP contribution >= 0.6 is 0 Å². The Morgan fingerprint density at radius 2 is 0.971 bits per heavy atom. The Kier molecular flexibility index (Phi) is 11.8. The average molecular weight is 498 g/mol. The van der Waals surface area contributed by atoms with Crippen LogP contribution in [-0.2, 0) is 20.4 Å². The molecule has 0 spiro atoms. The molecule has 0 aliphatic carbocycles. The molecule has 34 heavy (non-hydrogen) atoms. The van der Waals surface area contributed by atoms with Gasteiger partial charge in [0.2, 0.25) is 9.79 Å². The summed E-state index contributed by atoms with van der Waals surface area (Å²) in [6.07, 6.45) is 0. The van der Waals surface area contributed by atoms with Crippen LogP contribution in [0.4, 0.5) is 17.3 Å². The van der Waals surface area contributed by atoms with Crippen molar-refractivity contribution in [2.45, 2.75) is 14.7 Å². The molecule has 0 amide bonds. The molecule has 0 saturated carbocycles. The Morgan fingerprint density at radius 1 is 0.588 bits per heavy atom. The van der Waals surface area contributed by atoms with Crippen molar-refractivity contribution in [3.05, 3.63) is 78.9 Å². The standard InChI is InChI=1S/C24H27O4S.BF4/c1-25-16-18-27-21-12-6-8-14-23(21)29(20-10-4-3-5-11-20)24-15-9-7-13-22(24)28-19-17-26-2;2-1(3,4)5/h3-15H,16-19H2,1-2H3;/q+1;-1. The highest BCUT2D eigenvalue weighted by atomic mass is 32.2. The number of rotatable bonds is 11. The van der Waals surface area contributed by atoms with Crippen LogP contribution in [0, 0.1) is 0 Å². The fraction of sp³-hybridized carbons (Fsp3) is 0.250. The predicted octanol–water partition coefficient (Wildman–Crippen LogP) is 6.13. The SMILES string of the molecule is COCCOc1ccccc1[S+](c1ccccc1)c1ccccc1OCCOC.F[B-](F)(F)F. The summed E-state index contributed by atoms with van der Waals surface area (Å²) < 4.78 is 61.4. The third-order valence-electron chi connectivity index (χ3n) is 4.21. The molecule has 0 N–H and O–H groups in total. The van der Waals surface area contributed by atoms with Gasteiger partial charge in [0.05, 0.1) is 13.2 Å². The van der Waals surface area contributed by atoms with Crippen LogP contribution < -0.4 is 9.47 Å². The zero-order valence-electron chi connectivity index (χ0n) is 19.0. The Balaban J connectivity index is 0.000000739. The summed E-state index contributed by atoms with van der Waals surface area (Å²) in [5.41, 5.74) is 0. The van der Waals surface area contributed by atoms with E-state index in [0.717, 1.165) is 21.3 Å². The van der Waals surface area contributed by atoms with E-state index < -0.39 is 7.25 Å². The fourth-order valence-corrected chi connectivity index (χ4v) is 5.13. The van der Waals surface area contributed by atoms with Gasteiger partial charge in [-0.1, -0.05) is 42.5 Å². The van der Waals surface area contributed by atoms with Crippen LogP contribution in [-0.4, -0.2) is 47.9 Å². The zero-order valence-corrected chi connectivity index (χ0v) is 19.8. The van der Waals surface area contributed by atoms with Gasteiger partial charge in [0.25, 0.3) is 0 Å². The van der Waals surface area contributed by atoms with Gasteiger partial charge >= 0.3 is 7.25 Å². The molecule has 0 aliphatic rings. The minimum absolute atomic E-state index is 0.380. The third kappa shape index (κ3) is 9.66. The molecule has 0 aromatic heterocycles. The molecule has 0 fully saturated rings. The van der Waals surface area contributed by atoms with Crippen molar-refractivity contribution in [2.24, 2.45) is 0 Å². The highest BCUT2D eigenvalue weighted by molar-refractivity contribution is 7.97. The van der Waals surface area contributed by atoms with E-state index in [1.54, 1.807) is 14.2 Å². The summed E-state index contributed by atoms with van der Waals surface area (Å²) >= 11 is 0. The first kappa shape index (κ1) is 27.6. The van der Waals surface area contributed by atoms with Crippen LogP contribution in [0.2, 0.25) is 0 Å². The maximum Gasteiger partial charge on any atom is 0.673 e. The van der Waals surface area contributed by atoms with Crippen LogP contribution in [0.25, 0.3) is 0 Å². The summed E-state index contributed by atoms with van der Waals surface area (Å²) in [5, 5.41) is 0. The molecule has 0 aliphatic heterocycles. The van der Waals surface area contributed by atoms with E-state index >= 15 is 0 Å². The van der Waals surface area contributed by atoms with Crippen molar-refractivity contribution in [3.63, 3.8) is 0 Å². The van der Waals surface area contributed by atoms with Crippen molar-refractivity contribution in [1.82, 2.24) is 0 Å². The molecule has 10 heteroatoms. The first-order chi connectivity index (χ1) is 16.3. The van der Waals surface area contributed by atoms with Crippen LogP contribution in [0.1, 0.15) is 0 Å². The normalized spacial score (nSPS) is 11.0. The smallest absolute Gasteiger partial charge is 0.486 e. The van der Waals surface area contributed by atoms with Gasteiger partial charge in [0.1, 0.15) is 24.1 Å². The first-order valence-corrected chi connectivity index (χ1v) is 11.7. The second-order valence-electron chi connectivity index (χ2n) is 6.69. The molecule has 0 heterocycles. The van der Waals surface area contributed by atoms with Gasteiger partial charge in [0.15, 0.2) is 16.4 Å². The number of hydrogen-bond acceptors (Lipinski definition) is 4. The largest absolute Gasteiger partial charge is 0.673 e. The Bertz CT molecular complexity index is 917. The summed E-state index contributed by atoms with van der Waals surface area (Å²) in [7, 11) is -3.02. The third-order valence-corrected chi connectivity index (χ3v) is 6.50. The van der Waals surface area contributed by atoms with E-state index in [1.165, 1.54) is 4.90 Å². The van der Waals surface area contributed by atoms with Gasteiger partial charge in [-0.2, -0.15) is 0 Å². The molecule has 0 saturated heterocycles. The maximum atomic E-state index is 9.75. The highest BCUT2D eigenvalue weighted by Gasteiger charge is 2.34. The molecule has 184 valence electrons. The van der Waals surface area contributed by atoms with E-state index in [-0.39, 0.29) is 10.9 Å². The second-order valence-corrected chi connectivity index (χ2v) is 8.65. The quantitative estimate of drug-likeness (QED) is 0.138. The second kappa shape index (κ2) is 14.5. The van der Waals surface area contributed by atoms with Gasteiger partial charge in [-0.15, -0.1) is 0 Å². The molecule has 0 radical (unpaired) electrons. The topological polar surface area (TPSA) is 36.9 Å². The van der Waals surface area contributed by atoms with E-state index in [0.29, 0.717) is 26.4 Å². The summed E-state index contributed by atoms with van der Waals surface area (Å²) in [5.74, 6) is 1.73. The molecule has 0 atom stereocenters. The Morgan fingerprint density at radius 3 is 1.38 bits per heavy atom. The zero-order chi connectivity index (χ0) is 24.8. The van der Waals surface area contributed by atoms with Crippen LogP contribution in [0.15, 0.2) is 93.5 Å². The molecular formula is C24H27BF4O4S. The molecule has 0 bridgehead atoms. The minimum Gasteiger partial charge on any atom is -0.486 e. The van der Waals surface area contributed by atoms with Crippen molar-refractivity contribution in [1.29, 1.82) is 0 Å². The lowest BCUT2D eigenvalue weighted by Gasteiger charge is -2.15. The van der Waals surface area contributed by atoms with Crippen LogP contribution in [0.3, 0.4) is 0 Å². The maximum absolute atomic E-state index is 9.75.